The lowest BCUT2D eigenvalue weighted by atomic mass is 9.74. The van der Waals surface area contributed by atoms with Gasteiger partial charge in [-0.2, -0.15) is 4.31 Å². The molecule has 3 heterocycles. The van der Waals surface area contributed by atoms with Crippen molar-refractivity contribution in [3.05, 3.63) is 78.6 Å². The molecule has 1 aromatic heterocycles. The van der Waals surface area contributed by atoms with Gasteiger partial charge in [-0.05, 0) is 53.1 Å². The summed E-state index contributed by atoms with van der Waals surface area (Å²) in [6.45, 7) is 1.31. The van der Waals surface area contributed by atoms with Crippen LogP contribution in [0.2, 0.25) is 0 Å². The van der Waals surface area contributed by atoms with Crippen LogP contribution in [0.3, 0.4) is 0 Å². The van der Waals surface area contributed by atoms with Crippen LogP contribution >= 0.6 is 0 Å². The summed E-state index contributed by atoms with van der Waals surface area (Å²) in [6, 6.07) is 18.9. The molecular weight excluding hydrogens is 398 g/mol. The molecule has 0 saturated carbocycles. The Morgan fingerprint density at radius 1 is 0.900 bits per heavy atom. The van der Waals surface area contributed by atoms with E-state index in [1.165, 1.54) is 5.56 Å². The molecule has 2 bridgehead atoms. The molecule has 2 fully saturated rings. The van der Waals surface area contributed by atoms with E-state index in [9.17, 15) is 8.42 Å². The summed E-state index contributed by atoms with van der Waals surface area (Å²) in [6.07, 6.45) is 3.57. The Morgan fingerprint density at radius 2 is 1.50 bits per heavy atom. The largest absolute Gasteiger partial charge is 0.497 e. The highest BCUT2D eigenvalue weighted by molar-refractivity contribution is 7.89. The summed E-state index contributed by atoms with van der Waals surface area (Å²) in [7, 11) is -1.98. The van der Waals surface area contributed by atoms with Crippen molar-refractivity contribution >= 4 is 10.0 Å². The molecule has 3 atom stereocenters. The summed E-state index contributed by atoms with van der Waals surface area (Å²) in [5.41, 5.74) is 3.44. The number of pyridine rings is 1. The van der Waals surface area contributed by atoms with Crippen LogP contribution in [0.5, 0.6) is 5.75 Å². The Kier molecular flexibility index (Phi) is 4.81. The Hall–Kier alpha value is -2.74. The van der Waals surface area contributed by atoms with E-state index in [0.717, 1.165) is 11.1 Å². The van der Waals surface area contributed by atoms with E-state index in [-0.39, 0.29) is 18.0 Å². The van der Waals surface area contributed by atoms with Crippen LogP contribution < -0.4 is 10.1 Å². The van der Waals surface area contributed by atoms with Crippen molar-refractivity contribution in [2.45, 2.75) is 22.9 Å². The van der Waals surface area contributed by atoms with Crippen LogP contribution in [-0.4, -0.2) is 50.0 Å². The monoisotopic (exact) mass is 421 g/mol. The third-order valence-electron chi connectivity index (χ3n) is 6.13. The van der Waals surface area contributed by atoms with E-state index in [0.29, 0.717) is 23.7 Å². The number of rotatable bonds is 5. The van der Waals surface area contributed by atoms with Crippen molar-refractivity contribution < 1.29 is 13.2 Å². The first-order valence-electron chi connectivity index (χ1n) is 9.98. The number of benzene rings is 2. The fourth-order valence-electron chi connectivity index (χ4n) is 4.64. The van der Waals surface area contributed by atoms with Gasteiger partial charge >= 0.3 is 0 Å². The minimum absolute atomic E-state index is 0.0809. The van der Waals surface area contributed by atoms with Gasteiger partial charge < -0.3 is 10.1 Å². The highest BCUT2D eigenvalue weighted by atomic mass is 32.2. The number of sulfonamides is 1. The Labute approximate surface area is 176 Å². The molecule has 0 spiro atoms. The standard InChI is InChI=1S/C23H23N3O3S/c1-29-19-6-8-20(9-7-19)30(27,28)26-21-14-25-15-22(26)23(21)18-4-2-16(3-5-18)17-10-12-24-13-11-17/h2-13,21-23,25H,14-15H2,1H3/t21-,22+,23?. The Morgan fingerprint density at radius 3 is 2.10 bits per heavy atom. The summed E-state index contributed by atoms with van der Waals surface area (Å²) in [4.78, 5) is 4.38. The zero-order valence-corrected chi connectivity index (χ0v) is 17.4. The Bertz CT molecular complexity index is 1120. The van der Waals surface area contributed by atoms with Crippen LogP contribution in [0.15, 0.2) is 78.0 Å². The number of fused-ring (bicyclic) bond motifs is 2. The van der Waals surface area contributed by atoms with E-state index >= 15 is 0 Å². The van der Waals surface area contributed by atoms with Gasteiger partial charge in [-0.3, -0.25) is 4.98 Å². The smallest absolute Gasteiger partial charge is 0.243 e. The molecular formula is C23H23N3O3S. The van der Waals surface area contributed by atoms with Crippen LogP contribution in [0.4, 0.5) is 0 Å². The van der Waals surface area contributed by atoms with Crippen LogP contribution in [0.25, 0.3) is 11.1 Å². The number of piperidine rings is 1. The van der Waals surface area contributed by atoms with Gasteiger partial charge in [0.15, 0.2) is 0 Å². The molecule has 154 valence electrons. The second-order valence-electron chi connectivity index (χ2n) is 7.69. The van der Waals surface area contributed by atoms with Gasteiger partial charge in [0.25, 0.3) is 0 Å². The van der Waals surface area contributed by atoms with Crippen molar-refractivity contribution in [2.75, 3.05) is 20.2 Å². The molecule has 30 heavy (non-hydrogen) atoms. The highest BCUT2D eigenvalue weighted by Crippen LogP contribution is 2.46. The second kappa shape index (κ2) is 7.50. The molecule has 0 radical (unpaired) electrons. The number of methoxy groups -OCH3 is 1. The number of hydrogen-bond donors (Lipinski definition) is 1. The molecule has 2 saturated heterocycles. The predicted octanol–water partition coefficient (Wildman–Crippen LogP) is 2.89. The first-order chi connectivity index (χ1) is 14.6. The molecule has 1 unspecified atom stereocenters. The second-order valence-corrected chi connectivity index (χ2v) is 9.53. The highest BCUT2D eigenvalue weighted by Gasteiger charge is 2.56. The van der Waals surface area contributed by atoms with Crippen molar-refractivity contribution in [1.29, 1.82) is 0 Å². The maximum atomic E-state index is 13.3. The summed E-state index contributed by atoms with van der Waals surface area (Å²) in [5.74, 6) is 0.845. The third kappa shape index (κ3) is 3.10. The predicted molar refractivity (Wildman–Crippen MR) is 115 cm³/mol. The molecule has 0 amide bonds. The lowest BCUT2D eigenvalue weighted by molar-refractivity contribution is 0.0370. The van der Waals surface area contributed by atoms with E-state index in [1.807, 2.05) is 12.1 Å². The van der Waals surface area contributed by atoms with Gasteiger partial charge in [0.2, 0.25) is 10.0 Å². The molecule has 3 aromatic rings. The van der Waals surface area contributed by atoms with Gasteiger partial charge in [0.05, 0.1) is 12.0 Å². The van der Waals surface area contributed by atoms with Crippen LogP contribution in [-0.2, 0) is 10.0 Å². The van der Waals surface area contributed by atoms with Crippen molar-refractivity contribution in [3.8, 4) is 16.9 Å². The maximum Gasteiger partial charge on any atom is 0.243 e. The lowest BCUT2D eigenvalue weighted by Gasteiger charge is -2.57. The molecule has 0 aliphatic carbocycles. The van der Waals surface area contributed by atoms with Gasteiger partial charge in [0, 0.05) is 43.5 Å². The molecule has 2 aromatic carbocycles. The topological polar surface area (TPSA) is 71.5 Å². The van der Waals surface area contributed by atoms with Crippen LogP contribution in [0, 0.1) is 0 Å². The number of piperazine rings is 1. The van der Waals surface area contributed by atoms with Gasteiger partial charge in [0.1, 0.15) is 5.75 Å². The van der Waals surface area contributed by atoms with Gasteiger partial charge in [-0.15, -0.1) is 0 Å². The fraction of sp³-hybridized carbons (Fsp3) is 0.261. The number of nitrogens with zero attached hydrogens (tertiary/aromatic N) is 2. The zero-order chi connectivity index (χ0) is 20.7. The number of hydrogen-bond acceptors (Lipinski definition) is 5. The number of aromatic nitrogens is 1. The lowest BCUT2D eigenvalue weighted by Crippen LogP contribution is -2.73. The molecule has 5 rings (SSSR count). The zero-order valence-electron chi connectivity index (χ0n) is 16.6. The average Bonchev–Trinajstić information content (AvgIpc) is 2.80. The molecule has 2 aliphatic heterocycles. The third-order valence-corrected chi connectivity index (χ3v) is 8.10. The first kappa shape index (κ1) is 19.2. The average molecular weight is 422 g/mol. The normalized spacial score (nSPS) is 23.6. The molecule has 6 nitrogen and oxygen atoms in total. The molecule has 2 aliphatic rings. The minimum Gasteiger partial charge on any atom is -0.497 e. The van der Waals surface area contributed by atoms with Crippen molar-refractivity contribution in [2.24, 2.45) is 0 Å². The van der Waals surface area contributed by atoms with Crippen LogP contribution in [0.1, 0.15) is 11.5 Å². The van der Waals surface area contributed by atoms with Crippen molar-refractivity contribution in [3.63, 3.8) is 0 Å². The fourth-order valence-corrected chi connectivity index (χ4v) is 6.49. The number of nitrogens with one attached hydrogen (secondary N) is 1. The molecule has 7 heteroatoms. The summed E-state index contributed by atoms with van der Waals surface area (Å²) >= 11 is 0. The van der Waals surface area contributed by atoms with Gasteiger partial charge in [-0.25, -0.2) is 8.42 Å². The summed E-state index contributed by atoms with van der Waals surface area (Å²) < 4.78 is 33.4. The molecule has 1 N–H and O–H groups in total. The first-order valence-corrected chi connectivity index (χ1v) is 11.4. The van der Waals surface area contributed by atoms with E-state index in [1.54, 1.807) is 48.1 Å². The Balaban J connectivity index is 1.40. The van der Waals surface area contributed by atoms with E-state index in [2.05, 4.69) is 34.6 Å². The minimum atomic E-state index is -3.55. The quantitative estimate of drug-likeness (QED) is 0.686. The SMILES string of the molecule is COc1ccc(S(=O)(=O)N2[C@@H]3CNC[C@H]2C3c2ccc(-c3ccncc3)cc2)cc1. The van der Waals surface area contributed by atoms with Crippen molar-refractivity contribution in [1.82, 2.24) is 14.6 Å². The summed E-state index contributed by atoms with van der Waals surface area (Å²) in [5, 5.41) is 3.36. The van der Waals surface area contributed by atoms with Gasteiger partial charge in [-0.1, -0.05) is 24.3 Å². The number of ether oxygens (including phenoxy) is 1. The van der Waals surface area contributed by atoms with E-state index in [4.69, 9.17) is 4.74 Å². The van der Waals surface area contributed by atoms with E-state index < -0.39 is 10.0 Å². The maximum absolute atomic E-state index is 13.3.